The molecule has 2 atom stereocenters. The summed E-state index contributed by atoms with van der Waals surface area (Å²) in [6, 6.07) is -0.745. The van der Waals surface area contributed by atoms with Gasteiger partial charge in [0.15, 0.2) is 6.10 Å². The van der Waals surface area contributed by atoms with E-state index in [1.54, 1.807) is 11.9 Å². The van der Waals surface area contributed by atoms with Crippen LogP contribution in [-0.2, 0) is 0 Å². The number of hydrogen-bond acceptors (Lipinski definition) is 2. The van der Waals surface area contributed by atoms with Gasteiger partial charge in [0.1, 0.15) is 0 Å². The van der Waals surface area contributed by atoms with Crippen molar-refractivity contribution >= 4 is 0 Å². The molecule has 1 aliphatic rings. The largest absolute Gasteiger partial charge is 0.415 e. The molecule has 1 heterocycles. The van der Waals surface area contributed by atoms with Gasteiger partial charge in [0.25, 0.3) is 0 Å². The Morgan fingerprint density at radius 2 is 2.08 bits per heavy atom. The molecule has 1 aliphatic heterocycles. The van der Waals surface area contributed by atoms with Gasteiger partial charge in [-0.3, -0.25) is 0 Å². The average Bonchev–Trinajstić information content (AvgIpc) is 2.31. The summed E-state index contributed by atoms with van der Waals surface area (Å²) >= 11 is 0. The first-order chi connectivity index (χ1) is 5.43. The number of halogens is 3. The predicted molar refractivity (Wildman–Crippen MR) is 37.7 cm³/mol. The number of nitrogens with zero attached hydrogens (tertiary/aromatic N) is 1. The SMILES string of the molecule is CN1CCC[C@H]1[C@H](O)C(F)(F)F. The van der Waals surface area contributed by atoms with Gasteiger partial charge >= 0.3 is 6.18 Å². The highest BCUT2D eigenvalue weighted by Gasteiger charge is 2.45. The van der Waals surface area contributed by atoms with Gasteiger partial charge in [-0.1, -0.05) is 0 Å². The summed E-state index contributed by atoms with van der Waals surface area (Å²) < 4.78 is 36.0. The molecular formula is C7H12F3NO. The molecule has 0 spiro atoms. The van der Waals surface area contributed by atoms with E-state index in [1.165, 1.54) is 0 Å². The second kappa shape index (κ2) is 3.22. The predicted octanol–water partition coefficient (Wildman–Crippen LogP) is 1.00. The minimum absolute atomic E-state index is 0.428. The minimum Gasteiger partial charge on any atom is -0.382 e. The van der Waals surface area contributed by atoms with Crippen molar-refractivity contribution in [3.63, 3.8) is 0 Å². The fraction of sp³-hybridized carbons (Fsp3) is 1.00. The zero-order valence-corrected chi connectivity index (χ0v) is 6.80. The van der Waals surface area contributed by atoms with Crippen molar-refractivity contribution in [2.24, 2.45) is 0 Å². The van der Waals surface area contributed by atoms with Crippen LogP contribution in [0.15, 0.2) is 0 Å². The maximum atomic E-state index is 12.0. The van der Waals surface area contributed by atoms with Crippen LogP contribution in [0.1, 0.15) is 12.8 Å². The van der Waals surface area contributed by atoms with Crippen molar-refractivity contribution in [1.29, 1.82) is 0 Å². The average molecular weight is 183 g/mol. The first-order valence-corrected chi connectivity index (χ1v) is 3.88. The fourth-order valence-electron chi connectivity index (χ4n) is 1.55. The Morgan fingerprint density at radius 3 is 2.42 bits per heavy atom. The van der Waals surface area contributed by atoms with Crippen LogP contribution in [0.2, 0.25) is 0 Å². The van der Waals surface area contributed by atoms with Gasteiger partial charge in [-0.25, -0.2) is 0 Å². The van der Waals surface area contributed by atoms with E-state index in [2.05, 4.69) is 0 Å². The summed E-state index contributed by atoms with van der Waals surface area (Å²) in [4.78, 5) is 1.55. The Hall–Kier alpha value is -0.290. The van der Waals surface area contributed by atoms with Crippen LogP contribution >= 0.6 is 0 Å². The van der Waals surface area contributed by atoms with Crippen molar-refractivity contribution in [1.82, 2.24) is 4.90 Å². The Morgan fingerprint density at radius 1 is 1.50 bits per heavy atom. The Bertz CT molecular complexity index is 159. The van der Waals surface area contributed by atoms with Gasteiger partial charge in [-0.15, -0.1) is 0 Å². The van der Waals surface area contributed by atoms with Crippen LogP contribution in [0, 0.1) is 0 Å². The summed E-state index contributed by atoms with van der Waals surface area (Å²) in [5, 5.41) is 8.89. The van der Waals surface area contributed by atoms with Gasteiger partial charge in [-0.2, -0.15) is 13.2 Å². The molecule has 2 nitrogen and oxygen atoms in total. The maximum absolute atomic E-state index is 12.0. The maximum Gasteiger partial charge on any atom is 0.415 e. The summed E-state index contributed by atoms with van der Waals surface area (Å²) in [6.45, 7) is 0.637. The van der Waals surface area contributed by atoms with Crippen molar-refractivity contribution in [3.05, 3.63) is 0 Å². The zero-order chi connectivity index (χ0) is 9.35. The number of hydrogen-bond donors (Lipinski definition) is 1. The van der Waals surface area contributed by atoms with Crippen LogP contribution in [0.5, 0.6) is 0 Å². The molecule has 0 saturated carbocycles. The summed E-state index contributed by atoms with van der Waals surface area (Å²) in [7, 11) is 1.60. The van der Waals surface area contributed by atoms with Gasteiger partial charge in [0.05, 0.1) is 0 Å². The second-order valence-corrected chi connectivity index (χ2v) is 3.18. The van der Waals surface area contributed by atoms with Gasteiger partial charge < -0.3 is 10.0 Å². The van der Waals surface area contributed by atoms with Crippen molar-refractivity contribution < 1.29 is 18.3 Å². The number of alkyl halides is 3. The second-order valence-electron chi connectivity index (χ2n) is 3.18. The van der Waals surface area contributed by atoms with Gasteiger partial charge in [0.2, 0.25) is 0 Å². The zero-order valence-electron chi connectivity index (χ0n) is 6.80. The van der Waals surface area contributed by atoms with E-state index in [1.807, 2.05) is 0 Å². The summed E-state index contributed by atoms with van der Waals surface area (Å²) in [5.74, 6) is 0. The first kappa shape index (κ1) is 9.80. The molecule has 12 heavy (non-hydrogen) atoms. The molecule has 0 unspecified atom stereocenters. The van der Waals surface area contributed by atoms with Crippen LogP contribution in [0.25, 0.3) is 0 Å². The summed E-state index contributed by atoms with van der Waals surface area (Å²) in [6.07, 6.45) is -5.51. The third-order valence-corrected chi connectivity index (χ3v) is 2.28. The standard InChI is InChI=1S/C7H12F3NO/c1-11-4-2-3-5(11)6(12)7(8,9)10/h5-6,12H,2-4H2,1H3/t5-,6-/m0/s1. The molecule has 0 amide bonds. The van der Waals surface area contributed by atoms with Crippen LogP contribution < -0.4 is 0 Å². The smallest absolute Gasteiger partial charge is 0.382 e. The van der Waals surface area contributed by atoms with Crippen LogP contribution in [-0.4, -0.2) is 41.9 Å². The monoisotopic (exact) mass is 183 g/mol. The molecule has 0 radical (unpaired) electrons. The minimum atomic E-state index is -4.48. The van der Waals surface area contributed by atoms with E-state index in [0.717, 1.165) is 6.42 Å². The fourth-order valence-corrected chi connectivity index (χ4v) is 1.55. The number of aliphatic hydroxyl groups excluding tert-OH is 1. The lowest BCUT2D eigenvalue weighted by atomic mass is 10.1. The van der Waals surface area contributed by atoms with Crippen LogP contribution in [0.4, 0.5) is 13.2 Å². The molecule has 0 aromatic carbocycles. The lowest BCUT2D eigenvalue weighted by molar-refractivity contribution is -0.218. The molecule has 1 rings (SSSR count). The van der Waals surface area contributed by atoms with Gasteiger partial charge in [-0.05, 0) is 26.4 Å². The van der Waals surface area contributed by atoms with Gasteiger partial charge in [0, 0.05) is 6.04 Å². The molecule has 1 N–H and O–H groups in total. The topological polar surface area (TPSA) is 23.5 Å². The third-order valence-electron chi connectivity index (χ3n) is 2.28. The lowest BCUT2D eigenvalue weighted by Crippen LogP contribution is -2.45. The van der Waals surface area contributed by atoms with E-state index in [4.69, 9.17) is 5.11 Å². The molecule has 1 saturated heterocycles. The molecule has 72 valence electrons. The molecule has 0 aromatic heterocycles. The number of likely N-dealkylation sites (N-methyl/N-ethyl adjacent to an activating group) is 1. The number of rotatable bonds is 1. The number of aliphatic hydroxyl groups is 1. The molecular weight excluding hydrogens is 171 g/mol. The van der Waals surface area contributed by atoms with Crippen LogP contribution in [0.3, 0.4) is 0 Å². The highest BCUT2D eigenvalue weighted by atomic mass is 19.4. The van der Waals surface area contributed by atoms with Crippen molar-refractivity contribution in [2.75, 3.05) is 13.6 Å². The Kier molecular flexibility index (Phi) is 2.63. The molecule has 0 bridgehead atoms. The van der Waals surface area contributed by atoms with E-state index in [9.17, 15) is 13.2 Å². The molecule has 1 fully saturated rings. The third kappa shape index (κ3) is 1.90. The highest BCUT2D eigenvalue weighted by molar-refractivity contribution is 4.86. The lowest BCUT2D eigenvalue weighted by Gasteiger charge is -2.26. The van der Waals surface area contributed by atoms with E-state index < -0.39 is 18.3 Å². The summed E-state index contributed by atoms with van der Waals surface area (Å²) in [5.41, 5.74) is 0. The van der Waals surface area contributed by atoms with E-state index in [0.29, 0.717) is 13.0 Å². The highest BCUT2D eigenvalue weighted by Crippen LogP contribution is 2.29. The Labute approximate surface area is 69.0 Å². The molecule has 5 heteroatoms. The molecule has 0 aliphatic carbocycles. The normalized spacial score (nSPS) is 29.2. The quantitative estimate of drug-likeness (QED) is 0.655. The van der Waals surface area contributed by atoms with Crippen molar-refractivity contribution in [3.8, 4) is 0 Å². The molecule has 0 aromatic rings. The van der Waals surface area contributed by atoms with Crippen molar-refractivity contribution in [2.45, 2.75) is 31.2 Å². The van der Waals surface area contributed by atoms with E-state index in [-0.39, 0.29) is 0 Å². The first-order valence-electron chi connectivity index (χ1n) is 3.88. The Balaban J connectivity index is 2.57. The van der Waals surface area contributed by atoms with E-state index >= 15 is 0 Å². The number of likely N-dealkylation sites (tertiary alicyclic amines) is 1.